The number of nitriles is 2. The van der Waals surface area contributed by atoms with Crippen molar-refractivity contribution in [3.63, 3.8) is 0 Å². The lowest BCUT2D eigenvalue weighted by Gasteiger charge is -2.23. The van der Waals surface area contributed by atoms with E-state index in [2.05, 4.69) is 184 Å². The van der Waals surface area contributed by atoms with Gasteiger partial charge in [-0.3, -0.25) is 0 Å². The Morgan fingerprint density at radius 1 is 0.309 bits per heavy atom. The molecule has 0 radical (unpaired) electrons. The first-order valence-corrected chi connectivity index (χ1v) is 18.3. The first-order valence-electron chi connectivity index (χ1n) is 18.3. The summed E-state index contributed by atoms with van der Waals surface area (Å²) < 4.78 is 7.04. The van der Waals surface area contributed by atoms with Gasteiger partial charge in [-0.2, -0.15) is 10.5 Å². The predicted octanol–water partition coefficient (Wildman–Crippen LogP) is 12.4. The molecule has 5 nitrogen and oxygen atoms in total. The summed E-state index contributed by atoms with van der Waals surface area (Å²) in [5.41, 5.74) is 11.4. The van der Waals surface area contributed by atoms with Gasteiger partial charge in [-0.15, -0.1) is 0 Å². The summed E-state index contributed by atoms with van der Waals surface area (Å²) in [7, 11) is 0. The van der Waals surface area contributed by atoms with Gasteiger partial charge in [0.15, 0.2) is 0 Å². The van der Waals surface area contributed by atoms with Gasteiger partial charge >= 0.3 is 0 Å². The Hall–Kier alpha value is -7.86. The van der Waals surface area contributed by atoms with Gasteiger partial charge in [-0.1, -0.05) is 115 Å². The lowest BCUT2D eigenvalue weighted by atomic mass is 9.92. The monoisotopic (exact) mass is 699 g/mol. The zero-order chi connectivity index (χ0) is 36.6. The third-order valence-corrected chi connectivity index (χ3v) is 11.1. The summed E-state index contributed by atoms with van der Waals surface area (Å²) in [5, 5.41) is 28.2. The quantitative estimate of drug-likeness (QED) is 0.184. The number of hydrogen-bond donors (Lipinski definition) is 0. The molecule has 0 spiro atoms. The molecule has 0 saturated carbocycles. The number of nitrogens with zero attached hydrogens (tertiary/aromatic N) is 5. The van der Waals surface area contributed by atoms with Crippen LogP contribution in [-0.4, -0.2) is 13.7 Å². The van der Waals surface area contributed by atoms with Crippen LogP contribution in [0.1, 0.15) is 11.1 Å². The maximum atomic E-state index is 10.7. The fourth-order valence-corrected chi connectivity index (χ4v) is 8.88. The molecule has 254 valence electrons. The molecule has 0 fully saturated rings. The summed E-state index contributed by atoms with van der Waals surface area (Å²) >= 11 is 0. The highest BCUT2D eigenvalue weighted by Crippen LogP contribution is 2.45. The molecule has 0 bridgehead atoms. The Balaban J connectivity index is 1.42. The highest BCUT2D eigenvalue weighted by Gasteiger charge is 2.26. The molecule has 0 N–H and O–H groups in total. The normalized spacial score (nSPS) is 11.6. The van der Waals surface area contributed by atoms with E-state index in [0.717, 1.165) is 88.0 Å². The second kappa shape index (κ2) is 11.8. The topological polar surface area (TPSA) is 62.4 Å². The summed E-state index contributed by atoms with van der Waals surface area (Å²) in [6.07, 6.45) is 0. The molecule has 0 atom stereocenters. The van der Waals surface area contributed by atoms with Crippen LogP contribution in [0.3, 0.4) is 0 Å². The van der Waals surface area contributed by atoms with Crippen LogP contribution in [0.4, 0.5) is 0 Å². The highest BCUT2D eigenvalue weighted by atomic mass is 15.1. The lowest BCUT2D eigenvalue weighted by Crippen LogP contribution is -2.08. The Kier molecular flexibility index (Phi) is 6.61. The van der Waals surface area contributed by atoms with E-state index in [1.165, 1.54) is 0 Å². The molecule has 0 aliphatic heterocycles. The molecular weight excluding hydrogens is 671 g/mol. The summed E-state index contributed by atoms with van der Waals surface area (Å²) in [5.74, 6) is 0. The van der Waals surface area contributed by atoms with Gasteiger partial charge in [0.1, 0.15) is 0 Å². The maximum absolute atomic E-state index is 10.7. The van der Waals surface area contributed by atoms with Crippen molar-refractivity contribution in [1.29, 1.82) is 10.5 Å². The van der Waals surface area contributed by atoms with Crippen molar-refractivity contribution < 1.29 is 0 Å². The first-order chi connectivity index (χ1) is 27.2. The second-order valence-electron chi connectivity index (χ2n) is 13.9. The van der Waals surface area contributed by atoms with Crippen LogP contribution in [0, 0.1) is 22.7 Å². The summed E-state index contributed by atoms with van der Waals surface area (Å²) in [4.78, 5) is 0. The number of aromatic nitrogens is 3. The van der Waals surface area contributed by atoms with Crippen LogP contribution >= 0.6 is 0 Å². The molecule has 8 aromatic carbocycles. The van der Waals surface area contributed by atoms with E-state index in [1.807, 2.05) is 12.1 Å². The van der Waals surface area contributed by atoms with E-state index in [9.17, 15) is 10.5 Å². The minimum Gasteiger partial charge on any atom is -0.309 e. The van der Waals surface area contributed by atoms with E-state index in [4.69, 9.17) is 0 Å². The number of fused-ring (bicyclic) bond motifs is 9. The van der Waals surface area contributed by atoms with Crippen molar-refractivity contribution >= 4 is 65.4 Å². The van der Waals surface area contributed by atoms with Crippen LogP contribution in [-0.2, 0) is 0 Å². The van der Waals surface area contributed by atoms with Crippen molar-refractivity contribution in [2.24, 2.45) is 0 Å². The van der Waals surface area contributed by atoms with Crippen LogP contribution in [0.2, 0.25) is 0 Å². The standard InChI is InChI=1S/C50H29N5/c51-30-32-14-13-15-33(31-52)50(32)40-28-48(54-43-24-9-3-18-36(43)37-19-4-10-25-44(37)54)49(55-45-26-11-5-20-38(45)39-21-6-12-27-46(39)55)29-47(40)53-41-22-7-1-16-34(41)35-17-2-8-23-42(35)53/h1-29H. The van der Waals surface area contributed by atoms with Crippen molar-refractivity contribution in [2.45, 2.75) is 0 Å². The van der Waals surface area contributed by atoms with Crippen LogP contribution in [0.15, 0.2) is 176 Å². The van der Waals surface area contributed by atoms with E-state index in [0.29, 0.717) is 16.7 Å². The smallest absolute Gasteiger partial charge is 0.0998 e. The van der Waals surface area contributed by atoms with Crippen LogP contribution < -0.4 is 0 Å². The van der Waals surface area contributed by atoms with E-state index in [-0.39, 0.29) is 0 Å². The summed E-state index contributed by atoms with van der Waals surface area (Å²) in [6, 6.07) is 66.0. The average molecular weight is 700 g/mol. The average Bonchev–Trinajstić information content (AvgIpc) is 3.89. The maximum Gasteiger partial charge on any atom is 0.0998 e. The Morgan fingerprint density at radius 3 is 0.927 bits per heavy atom. The van der Waals surface area contributed by atoms with Crippen molar-refractivity contribution in [3.05, 3.63) is 187 Å². The zero-order valence-corrected chi connectivity index (χ0v) is 29.5. The van der Waals surface area contributed by atoms with Gasteiger partial charge in [0.25, 0.3) is 0 Å². The molecule has 0 aliphatic rings. The zero-order valence-electron chi connectivity index (χ0n) is 29.5. The number of para-hydroxylation sites is 6. The molecule has 3 aromatic heterocycles. The molecule has 3 heterocycles. The fourth-order valence-electron chi connectivity index (χ4n) is 8.88. The third-order valence-electron chi connectivity index (χ3n) is 11.1. The number of benzene rings is 8. The Labute approximate surface area is 316 Å². The summed E-state index contributed by atoms with van der Waals surface area (Å²) in [6.45, 7) is 0. The SMILES string of the molecule is N#Cc1cccc(C#N)c1-c1cc(-n2c3ccccc3c3ccccc32)c(-n2c3ccccc3c3ccccc32)cc1-n1c2ccccc2c2ccccc21. The van der Waals surface area contributed by atoms with Gasteiger partial charge in [0.05, 0.1) is 73.4 Å². The molecule has 55 heavy (non-hydrogen) atoms. The van der Waals surface area contributed by atoms with Crippen molar-refractivity contribution in [3.8, 4) is 40.3 Å². The minimum absolute atomic E-state index is 0.443. The van der Waals surface area contributed by atoms with Crippen molar-refractivity contribution in [2.75, 3.05) is 0 Å². The van der Waals surface area contributed by atoms with Crippen LogP contribution in [0.25, 0.3) is 93.6 Å². The number of hydrogen-bond acceptors (Lipinski definition) is 2. The largest absolute Gasteiger partial charge is 0.309 e. The molecule has 5 heteroatoms. The van der Waals surface area contributed by atoms with E-state index in [1.54, 1.807) is 6.07 Å². The second-order valence-corrected chi connectivity index (χ2v) is 13.9. The van der Waals surface area contributed by atoms with Crippen molar-refractivity contribution in [1.82, 2.24) is 13.7 Å². The molecule has 0 aliphatic carbocycles. The van der Waals surface area contributed by atoms with Gasteiger partial charge < -0.3 is 13.7 Å². The van der Waals surface area contributed by atoms with Crippen LogP contribution in [0.5, 0.6) is 0 Å². The Bertz CT molecular complexity index is 3280. The Morgan fingerprint density at radius 2 is 0.600 bits per heavy atom. The molecular formula is C50H29N5. The molecule has 0 amide bonds. The third kappa shape index (κ3) is 4.33. The predicted molar refractivity (Wildman–Crippen MR) is 224 cm³/mol. The van der Waals surface area contributed by atoms with Gasteiger partial charge in [-0.25, -0.2) is 0 Å². The highest BCUT2D eigenvalue weighted by molar-refractivity contribution is 6.13. The van der Waals surface area contributed by atoms with Gasteiger partial charge in [-0.05, 0) is 60.7 Å². The molecule has 11 rings (SSSR count). The molecule has 0 saturated heterocycles. The minimum atomic E-state index is 0.443. The first kappa shape index (κ1) is 30.7. The van der Waals surface area contributed by atoms with E-state index >= 15 is 0 Å². The number of rotatable bonds is 4. The molecule has 0 unspecified atom stereocenters. The lowest BCUT2D eigenvalue weighted by molar-refractivity contribution is 1.08. The molecule has 11 aromatic rings. The van der Waals surface area contributed by atoms with E-state index < -0.39 is 0 Å². The van der Waals surface area contributed by atoms with Gasteiger partial charge in [0.2, 0.25) is 0 Å². The fraction of sp³-hybridized carbons (Fsp3) is 0. The van der Waals surface area contributed by atoms with Gasteiger partial charge in [0, 0.05) is 43.4 Å².